The summed E-state index contributed by atoms with van der Waals surface area (Å²) in [6.45, 7) is 3.32. The molecule has 1 saturated heterocycles. The van der Waals surface area contributed by atoms with Gasteiger partial charge in [-0.1, -0.05) is 6.92 Å². The van der Waals surface area contributed by atoms with Crippen molar-refractivity contribution in [3.05, 3.63) is 23.8 Å². The van der Waals surface area contributed by atoms with Crippen molar-refractivity contribution in [2.24, 2.45) is 11.8 Å². The number of carbonyl (C=O) groups excluding carboxylic acids is 1. The lowest BCUT2D eigenvalue weighted by Crippen LogP contribution is -2.48. The molecular formula is C13H16F2N2O2. The van der Waals surface area contributed by atoms with E-state index in [0.29, 0.717) is 0 Å². The maximum absolute atomic E-state index is 13.7. The summed E-state index contributed by atoms with van der Waals surface area (Å²) < 4.78 is 31.8. The van der Waals surface area contributed by atoms with Crippen LogP contribution < -0.4 is 15.4 Å². The molecule has 1 aromatic carbocycles. The molecule has 0 spiro atoms. The zero-order chi connectivity index (χ0) is 14.0. The van der Waals surface area contributed by atoms with Crippen LogP contribution in [0.1, 0.15) is 6.92 Å². The van der Waals surface area contributed by atoms with E-state index in [1.165, 1.54) is 7.11 Å². The van der Waals surface area contributed by atoms with Gasteiger partial charge in [-0.15, -0.1) is 0 Å². The van der Waals surface area contributed by atoms with Crippen LogP contribution >= 0.6 is 0 Å². The minimum atomic E-state index is -0.717. The molecule has 1 aliphatic rings. The third-order valence-electron chi connectivity index (χ3n) is 3.43. The summed E-state index contributed by atoms with van der Waals surface area (Å²) in [4.78, 5) is 11.9. The van der Waals surface area contributed by atoms with Gasteiger partial charge < -0.3 is 15.4 Å². The van der Waals surface area contributed by atoms with Gasteiger partial charge in [0.2, 0.25) is 5.91 Å². The summed E-state index contributed by atoms with van der Waals surface area (Å²) in [7, 11) is 1.25. The number of hydrogen-bond donors (Lipinski definition) is 2. The van der Waals surface area contributed by atoms with Crippen molar-refractivity contribution < 1.29 is 18.3 Å². The molecule has 1 aliphatic heterocycles. The maximum Gasteiger partial charge on any atom is 0.227 e. The smallest absolute Gasteiger partial charge is 0.227 e. The Balaban J connectivity index is 2.10. The van der Waals surface area contributed by atoms with Crippen molar-refractivity contribution in [3.63, 3.8) is 0 Å². The van der Waals surface area contributed by atoms with Crippen molar-refractivity contribution in [3.8, 4) is 5.75 Å². The monoisotopic (exact) mass is 270 g/mol. The quantitative estimate of drug-likeness (QED) is 0.876. The lowest BCUT2D eigenvalue weighted by atomic mass is 9.88. The van der Waals surface area contributed by atoms with Gasteiger partial charge in [-0.25, -0.2) is 8.78 Å². The van der Waals surface area contributed by atoms with Crippen molar-refractivity contribution in [1.82, 2.24) is 5.32 Å². The highest BCUT2D eigenvalue weighted by Crippen LogP contribution is 2.26. The zero-order valence-electron chi connectivity index (χ0n) is 10.8. The van der Waals surface area contributed by atoms with Crippen LogP contribution in [0.15, 0.2) is 12.1 Å². The maximum atomic E-state index is 13.7. The number of nitrogens with one attached hydrogen (secondary N) is 2. The van der Waals surface area contributed by atoms with Gasteiger partial charge in [0.1, 0.15) is 0 Å². The molecule has 104 valence electrons. The lowest BCUT2D eigenvalue weighted by Gasteiger charge is -2.31. The highest BCUT2D eigenvalue weighted by Gasteiger charge is 2.29. The van der Waals surface area contributed by atoms with Crippen LogP contribution in [0, 0.1) is 23.5 Å². The zero-order valence-corrected chi connectivity index (χ0v) is 10.8. The van der Waals surface area contributed by atoms with Crippen LogP contribution in [0.5, 0.6) is 5.75 Å². The second kappa shape index (κ2) is 5.52. The minimum absolute atomic E-state index is 0.164. The standard InChI is InChI=1S/C13H16F2N2O2/c1-7(8-5-16-6-8)13(18)17-11-3-10(15)12(19-2)4-9(11)14/h3-4,7-8,16H,5-6H2,1-2H3,(H,17,18). The summed E-state index contributed by atoms with van der Waals surface area (Å²) in [5, 5.41) is 5.48. The van der Waals surface area contributed by atoms with E-state index in [1.54, 1.807) is 6.92 Å². The van der Waals surface area contributed by atoms with Gasteiger partial charge in [0.15, 0.2) is 17.4 Å². The number of hydrogen-bond acceptors (Lipinski definition) is 3. The molecule has 1 unspecified atom stereocenters. The third-order valence-corrected chi connectivity index (χ3v) is 3.43. The molecule has 19 heavy (non-hydrogen) atoms. The van der Waals surface area contributed by atoms with Crippen molar-refractivity contribution in [2.45, 2.75) is 6.92 Å². The highest BCUT2D eigenvalue weighted by atomic mass is 19.1. The second-order valence-electron chi connectivity index (χ2n) is 4.66. The largest absolute Gasteiger partial charge is 0.494 e. The van der Waals surface area contributed by atoms with Gasteiger partial charge in [-0.3, -0.25) is 4.79 Å². The number of carbonyl (C=O) groups is 1. The molecule has 0 aromatic heterocycles. The van der Waals surface area contributed by atoms with Crippen LogP contribution in [-0.2, 0) is 4.79 Å². The van der Waals surface area contributed by atoms with Crippen LogP contribution in [0.2, 0.25) is 0 Å². The van der Waals surface area contributed by atoms with Gasteiger partial charge in [0.05, 0.1) is 12.8 Å². The summed E-state index contributed by atoms with van der Waals surface area (Å²) in [6, 6.07) is 1.85. The normalized spacial score (nSPS) is 16.6. The Morgan fingerprint density at radius 2 is 2.11 bits per heavy atom. The SMILES string of the molecule is COc1cc(F)c(NC(=O)C(C)C2CNC2)cc1F. The lowest BCUT2D eigenvalue weighted by molar-refractivity contribution is -0.121. The summed E-state index contributed by atoms with van der Waals surface area (Å²) in [5.41, 5.74) is -0.164. The molecule has 1 fully saturated rings. The molecule has 6 heteroatoms. The molecule has 0 radical (unpaired) electrons. The molecule has 1 amide bonds. The van der Waals surface area contributed by atoms with E-state index in [-0.39, 0.29) is 29.2 Å². The molecule has 1 heterocycles. The van der Waals surface area contributed by atoms with E-state index in [4.69, 9.17) is 0 Å². The number of halogens is 2. The van der Waals surface area contributed by atoms with Crippen LogP contribution in [0.25, 0.3) is 0 Å². The molecular weight excluding hydrogens is 254 g/mol. The fraction of sp³-hybridized carbons (Fsp3) is 0.462. The second-order valence-corrected chi connectivity index (χ2v) is 4.66. The van der Waals surface area contributed by atoms with Gasteiger partial charge >= 0.3 is 0 Å². The molecule has 0 saturated carbocycles. The van der Waals surface area contributed by atoms with Crippen molar-refractivity contribution in [2.75, 3.05) is 25.5 Å². The van der Waals surface area contributed by atoms with E-state index >= 15 is 0 Å². The van der Waals surface area contributed by atoms with Gasteiger partial charge in [0.25, 0.3) is 0 Å². The van der Waals surface area contributed by atoms with E-state index in [0.717, 1.165) is 25.2 Å². The summed E-state index contributed by atoms with van der Waals surface area (Å²) in [5.74, 6) is -1.93. The molecule has 2 N–H and O–H groups in total. The first-order valence-corrected chi connectivity index (χ1v) is 6.07. The van der Waals surface area contributed by atoms with E-state index in [1.807, 2.05) is 0 Å². The van der Waals surface area contributed by atoms with E-state index in [9.17, 15) is 13.6 Å². The molecule has 0 bridgehead atoms. The highest BCUT2D eigenvalue weighted by molar-refractivity contribution is 5.92. The molecule has 0 aliphatic carbocycles. The number of amides is 1. The Hall–Kier alpha value is -1.69. The summed E-state index contributed by atoms with van der Waals surface area (Å²) >= 11 is 0. The van der Waals surface area contributed by atoms with Crippen molar-refractivity contribution >= 4 is 11.6 Å². The number of benzene rings is 1. The van der Waals surface area contributed by atoms with Gasteiger partial charge in [-0.2, -0.15) is 0 Å². The van der Waals surface area contributed by atoms with Crippen LogP contribution in [0.4, 0.5) is 14.5 Å². The first kappa shape index (κ1) is 13.7. The van der Waals surface area contributed by atoms with Crippen molar-refractivity contribution in [1.29, 1.82) is 0 Å². The van der Waals surface area contributed by atoms with Crippen LogP contribution in [-0.4, -0.2) is 26.1 Å². The number of ether oxygens (including phenoxy) is 1. The topological polar surface area (TPSA) is 50.4 Å². The fourth-order valence-corrected chi connectivity index (χ4v) is 1.91. The Morgan fingerprint density at radius 3 is 2.63 bits per heavy atom. The Morgan fingerprint density at radius 1 is 1.42 bits per heavy atom. The Labute approximate surface area is 110 Å². The average molecular weight is 270 g/mol. The first-order valence-electron chi connectivity index (χ1n) is 6.07. The third kappa shape index (κ3) is 2.84. The predicted octanol–water partition coefficient (Wildman–Crippen LogP) is 1.77. The number of methoxy groups -OCH3 is 1. The Kier molecular flexibility index (Phi) is 3.99. The number of anilines is 1. The first-order chi connectivity index (χ1) is 9.02. The van der Waals surface area contributed by atoms with Gasteiger partial charge in [0, 0.05) is 18.1 Å². The van der Waals surface area contributed by atoms with Gasteiger partial charge in [-0.05, 0) is 19.0 Å². The van der Waals surface area contributed by atoms with E-state index < -0.39 is 11.6 Å². The average Bonchev–Trinajstić information content (AvgIpc) is 2.31. The van der Waals surface area contributed by atoms with Crippen LogP contribution in [0.3, 0.4) is 0 Å². The number of rotatable bonds is 4. The molecule has 4 nitrogen and oxygen atoms in total. The van der Waals surface area contributed by atoms with E-state index in [2.05, 4.69) is 15.4 Å². The molecule has 1 aromatic rings. The summed E-state index contributed by atoms with van der Waals surface area (Å²) in [6.07, 6.45) is 0. The minimum Gasteiger partial charge on any atom is -0.494 e. The Bertz CT molecular complexity index is 490. The molecule has 1 atom stereocenters. The predicted molar refractivity (Wildman–Crippen MR) is 67.1 cm³/mol. The molecule has 2 rings (SSSR count). The fourth-order valence-electron chi connectivity index (χ4n) is 1.91.